The Labute approximate surface area is 113 Å². The first kappa shape index (κ1) is 13.4. The minimum atomic E-state index is -0.231. The van der Waals surface area contributed by atoms with Crippen LogP contribution in [0.4, 0.5) is 0 Å². The van der Waals surface area contributed by atoms with Gasteiger partial charge in [0.05, 0.1) is 12.5 Å². The van der Waals surface area contributed by atoms with E-state index in [1.165, 1.54) is 0 Å². The van der Waals surface area contributed by atoms with Gasteiger partial charge < -0.3 is 9.47 Å². The van der Waals surface area contributed by atoms with Crippen molar-refractivity contribution in [1.29, 1.82) is 0 Å². The van der Waals surface area contributed by atoms with E-state index in [1.807, 2.05) is 44.2 Å². The molecule has 0 heterocycles. The van der Waals surface area contributed by atoms with Crippen molar-refractivity contribution in [2.75, 3.05) is 6.61 Å². The topological polar surface area (TPSA) is 35.5 Å². The molecule has 1 aliphatic carbocycles. The van der Waals surface area contributed by atoms with E-state index < -0.39 is 0 Å². The van der Waals surface area contributed by atoms with Gasteiger partial charge in [-0.1, -0.05) is 23.8 Å². The lowest BCUT2D eigenvalue weighted by Gasteiger charge is -2.15. The van der Waals surface area contributed by atoms with E-state index in [1.54, 1.807) is 12.1 Å². The molecule has 1 aromatic carbocycles. The molecule has 1 unspecified atom stereocenters. The lowest BCUT2D eigenvalue weighted by atomic mass is 10.0. The number of esters is 1. The lowest BCUT2D eigenvalue weighted by Crippen LogP contribution is -2.19. The summed E-state index contributed by atoms with van der Waals surface area (Å²) in [5.41, 5.74) is 1.14. The smallest absolute Gasteiger partial charge is 0.318 e. The molecule has 0 N–H and O–H groups in total. The van der Waals surface area contributed by atoms with Crippen molar-refractivity contribution in [2.45, 2.75) is 20.3 Å². The summed E-state index contributed by atoms with van der Waals surface area (Å²) in [7, 11) is 0. The Morgan fingerprint density at radius 1 is 1.32 bits per heavy atom. The van der Waals surface area contributed by atoms with Gasteiger partial charge in [-0.25, -0.2) is 0 Å². The number of carbonyl (C=O) groups excluding carboxylic acids is 1. The lowest BCUT2D eigenvalue weighted by molar-refractivity contribution is -0.137. The molecule has 0 radical (unpaired) electrons. The predicted octanol–water partition coefficient (Wildman–Crippen LogP) is 3.40. The fourth-order valence-corrected chi connectivity index (χ4v) is 1.85. The van der Waals surface area contributed by atoms with E-state index >= 15 is 0 Å². The van der Waals surface area contributed by atoms with Crippen LogP contribution in [-0.4, -0.2) is 12.6 Å². The summed E-state index contributed by atoms with van der Waals surface area (Å²) in [6, 6.07) is 7.46. The summed E-state index contributed by atoms with van der Waals surface area (Å²) < 4.78 is 10.7. The zero-order chi connectivity index (χ0) is 13.7. The van der Waals surface area contributed by atoms with Crippen molar-refractivity contribution in [1.82, 2.24) is 0 Å². The van der Waals surface area contributed by atoms with E-state index in [9.17, 15) is 4.79 Å². The Morgan fingerprint density at radius 3 is 2.63 bits per heavy atom. The highest BCUT2D eigenvalue weighted by Crippen LogP contribution is 2.20. The number of hydrogen-bond donors (Lipinski definition) is 0. The van der Waals surface area contributed by atoms with Crippen molar-refractivity contribution in [2.24, 2.45) is 5.92 Å². The van der Waals surface area contributed by atoms with Crippen LogP contribution in [0.1, 0.15) is 18.9 Å². The molecule has 0 saturated heterocycles. The zero-order valence-corrected chi connectivity index (χ0v) is 11.3. The Hall–Kier alpha value is -2.03. The van der Waals surface area contributed by atoms with Crippen LogP contribution in [-0.2, 0) is 9.53 Å². The Balaban J connectivity index is 1.92. The third kappa shape index (κ3) is 3.71. The number of ether oxygens (including phenoxy) is 2. The van der Waals surface area contributed by atoms with Gasteiger partial charge in [0.2, 0.25) is 0 Å². The second-order valence-corrected chi connectivity index (χ2v) is 4.47. The van der Waals surface area contributed by atoms with Crippen LogP contribution < -0.4 is 4.74 Å². The molecule has 100 valence electrons. The van der Waals surface area contributed by atoms with Crippen molar-refractivity contribution in [3.63, 3.8) is 0 Å². The molecule has 0 saturated carbocycles. The summed E-state index contributed by atoms with van der Waals surface area (Å²) in [5.74, 6) is 0.947. The van der Waals surface area contributed by atoms with Gasteiger partial charge in [-0.2, -0.15) is 0 Å². The quantitative estimate of drug-likeness (QED) is 0.613. The SMILES string of the molecule is CCOC1=CCC(C(=O)Oc2ccc(C)cc2)C=C1. The van der Waals surface area contributed by atoms with Crippen molar-refractivity contribution in [3.05, 3.63) is 53.8 Å². The molecule has 3 heteroatoms. The average molecular weight is 258 g/mol. The first-order chi connectivity index (χ1) is 9.19. The first-order valence-electron chi connectivity index (χ1n) is 6.48. The number of benzene rings is 1. The second kappa shape index (κ2) is 6.23. The fourth-order valence-electron chi connectivity index (χ4n) is 1.85. The van der Waals surface area contributed by atoms with Gasteiger partial charge in [-0.05, 0) is 44.6 Å². The van der Waals surface area contributed by atoms with Crippen LogP contribution >= 0.6 is 0 Å². The van der Waals surface area contributed by atoms with Crippen LogP contribution in [0.15, 0.2) is 48.3 Å². The molecule has 2 rings (SSSR count). The van der Waals surface area contributed by atoms with E-state index in [4.69, 9.17) is 9.47 Å². The molecule has 0 amide bonds. The third-order valence-electron chi connectivity index (χ3n) is 2.92. The number of carbonyl (C=O) groups is 1. The third-order valence-corrected chi connectivity index (χ3v) is 2.92. The first-order valence-corrected chi connectivity index (χ1v) is 6.48. The Bertz CT molecular complexity index is 497. The van der Waals surface area contributed by atoms with Crippen LogP contribution in [0.5, 0.6) is 5.75 Å². The zero-order valence-electron chi connectivity index (χ0n) is 11.3. The van der Waals surface area contributed by atoms with Gasteiger partial charge in [0, 0.05) is 0 Å². The van der Waals surface area contributed by atoms with E-state index in [2.05, 4.69) is 0 Å². The molecule has 0 fully saturated rings. The summed E-state index contributed by atoms with van der Waals surface area (Å²) in [4.78, 5) is 12.0. The average Bonchev–Trinajstić information content (AvgIpc) is 2.42. The highest BCUT2D eigenvalue weighted by atomic mass is 16.5. The molecule has 3 nitrogen and oxygen atoms in total. The van der Waals surface area contributed by atoms with Crippen molar-refractivity contribution in [3.8, 4) is 5.75 Å². The molecular weight excluding hydrogens is 240 g/mol. The van der Waals surface area contributed by atoms with Crippen LogP contribution in [0.25, 0.3) is 0 Å². The number of allylic oxidation sites excluding steroid dienone is 2. The van der Waals surface area contributed by atoms with Crippen LogP contribution in [0.2, 0.25) is 0 Å². The number of aryl methyl sites for hydroxylation is 1. The Kier molecular flexibility index (Phi) is 4.39. The maximum Gasteiger partial charge on any atom is 0.318 e. The minimum Gasteiger partial charge on any atom is -0.494 e. The van der Waals surface area contributed by atoms with Gasteiger partial charge in [0.25, 0.3) is 0 Å². The number of rotatable bonds is 4. The Morgan fingerprint density at radius 2 is 2.05 bits per heavy atom. The van der Waals surface area contributed by atoms with E-state index in [0.29, 0.717) is 18.8 Å². The van der Waals surface area contributed by atoms with Gasteiger partial charge in [-0.3, -0.25) is 4.79 Å². The van der Waals surface area contributed by atoms with E-state index in [0.717, 1.165) is 11.3 Å². The predicted molar refractivity (Wildman–Crippen MR) is 73.8 cm³/mol. The maximum absolute atomic E-state index is 12.0. The molecular formula is C16H18O3. The molecule has 1 aromatic rings. The second-order valence-electron chi connectivity index (χ2n) is 4.47. The van der Waals surface area contributed by atoms with E-state index in [-0.39, 0.29) is 11.9 Å². The van der Waals surface area contributed by atoms with Gasteiger partial charge in [0.1, 0.15) is 11.5 Å². The largest absolute Gasteiger partial charge is 0.494 e. The normalized spacial score (nSPS) is 17.8. The fraction of sp³-hybridized carbons (Fsp3) is 0.312. The standard InChI is InChI=1S/C16H18O3/c1-3-18-14-10-6-13(7-11-14)16(17)19-15-8-4-12(2)5-9-15/h4-6,8-11,13H,3,7H2,1-2H3. The summed E-state index contributed by atoms with van der Waals surface area (Å²) in [5, 5.41) is 0. The molecule has 0 aliphatic heterocycles. The molecule has 19 heavy (non-hydrogen) atoms. The summed E-state index contributed by atoms with van der Waals surface area (Å²) in [6.07, 6.45) is 6.21. The highest BCUT2D eigenvalue weighted by Gasteiger charge is 2.19. The summed E-state index contributed by atoms with van der Waals surface area (Å²) in [6.45, 7) is 4.57. The minimum absolute atomic E-state index is 0.230. The van der Waals surface area contributed by atoms with Crippen LogP contribution in [0, 0.1) is 12.8 Å². The maximum atomic E-state index is 12.0. The van der Waals surface area contributed by atoms with Crippen molar-refractivity contribution < 1.29 is 14.3 Å². The molecule has 0 aromatic heterocycles. The summed E-state index contributed by atoms with van der Waals surface area (Å²) >= 11 is 0. The molecule has 0 spiro atoms. The van der Waals surface area contributed by atoms with Crippen molar-refractivity contribution >= 4 is 5.97 Å². The molecule has 1 atom stereocenters. The number of hydrogen-bond acceptors (Lipinski definition) is 3. The van der Waals surface area contributed by atoms with Gasteiger partial charge in [-0.15, -0.1) is 0 Å². The van der Waals surface area contributed by atoms with Gasteiger partial charge in [0.15, 0.2) is 0 Å². The van der Waals surface area contributed by atoms with Crippen LogP contribution in [0.3, 0.4) is 0 Å². The monoisotopic (exact) mass is 258 g/mol. The molecule has 1 aliphatic rings. The molecule has 0 bridgehead atoms. The highest BCUT2D eigenvalue weighted by molar-refractivity contribution is 5.77. The van der Waals surface area contributed by atoms with Gasteiger partial charge >= 0.3 is 5.97 Å².